The van der Waals surface area contributed by atoms with Gasteiger partial charge in [-0.25, -0.2) is 13.2 Å². The summed E-state index contributed by atoms with van der Waals surface area (Å²) in [6, 6.07) is 18.2. The molecular formula is C25H23F3OS. The summed E-state index contributed by atoms with van der Waals surface area (Å²) in [6.45, 7) is 0.136. The maximum absolute atomic E-state index is 13.3. The van der Waals surface area contributed by atoms with Crippen molar-refractivity contribution in [1.29, 1.82) is 0 Å². The van der Waals surface area contributed by atoms with E-state index in [0.29, 0.717) is 11.2 Å². The molecule has 0 aliphatic heterocycles. The Morgan fingerprint density at radius 3 is 1.87 bits per heavy atom. The van der Waals surface area contributed by atoms with E-state index >= 15 is 0 Å². The lowest BCUT2D eigenvalue weighted by Crippen LogP contribution is -2.12. The molecule has 0 N–H and O–H groups in total. The third-order valence-electron chi connectivity index (χ3n) is 5.73. The summed E-state index contributed by atoms with van der Waals surface area (Å²) in [5.74, 6) is -3.43. The molecule has 0 unspecified atom stereocenters. The fourth-order valence-electron chi connectivity index (χ4n) is 3.93. The average molecular weight is 429 g/mol. The standard InChI is InChI=1S/C25H23F3OS/c26-23-13-21(14-24(27)25(23)28)29-15-16-1-3-17(4-2-16)18-5-7-19(8-6-18)20-9-11-22(30)12-10-20/h1-8,13-14,20,22,30H,9-12,15H2. The Morgan fingerprint density at radius 1 is 0.767 bits per heavy atom. The molecule has 0 heterocycles. The van der Waals surface area contributed by atoms with E-state index in [2.05, 4.69) is 36.9 Å². The van der Waals surface area contributed by atoms with Crippen molar-refractivity contribution in [2.75, 3.05) is 0 Å². The number of rotatable bonds is 5. The van der Waals surface area contributed by atoms with E-state index in [4.69, 9.17) is 4.74 Å². The Hall–Kier alpha value is -2.40. The minimum Gasteiger partial charge on any atom is -0.489 e. The molecule has 0 saturated heterocycles. The van der Waals surface area contributed by atoms with Gasteiger partial charge >= 0.3 is 0 Å². The average Bonchev–Trinajstić information content (AvgIpc) is 2.77. The SMILES string of the molecule is Fc1cc(OCc2ccc(-c3ccc(C4CCC(S)CC4)cc3)cc2)cc(F)c1F. The van der Waals surface area contributed by atoms with E-state index in [1.54, 1.807) is 0 Å². The first-order valence-electron chi connectivity index (χ1n) is 10.1. The van der Waals surface area contributed by atoms with Crippen molar-refractivity contribution >= 4 is 12.6 Å². The van der Waals surface area contributed by atoms with Crippen molar-refractivity contribution < 1.29 is 17.9 Å². The molecule has 1 aliphatic rings. The molecular weight excluding hydrogens is 405 g/mol. The fraction of sp³-hybridized carbons (Fsp3) is 0.280. The predicted octanol–water partition coefficient (Wildman–Crippen LogP) is 7.31. The highest BCUT2D eigenvalue weighted by atomic mass is 32.1. The Kier molecular flexibility index (Phi) is 6.38. The molecule has 0 radical (unpaired) electrons. The molecule has 5 heteroatoms. The Labute approximate surface area is 180 Å². The number of benzene rings is 3. The van der Waals surface area contributed by atoms with Gasteiger partial charge < -0.3 is 4.74 Å². The normalized spacial score (nSPS) is 18.9. The van der Waals surface area contributed by atoms with Crippen LogP contribution < -0.4 is 4.74 Å². The van der Waals surface area contributed by atoms with E-state index in [1.165, 1.54) is 31.2 Å². The van der Waals surface area contributed by atoms with Gasteiger partial charge in [0.25, 0.3) is 0 Å². The highest BCUT2D eigenvalue weighted by Crippen LogP contribution is 2.35. The second kappa shape index (κ2) is 9.17. The number of thiol groups is 1. The van der Waals surface area contributed by atoms with Gasteiger partial charge in [-0.05, 0) is 53.9 Å². The van der Waals surface area contributed by atoms with Crippen LogP contribution in [0.1, 0.15) is 42.7 Å². The number of ether oxygens (including phenoxy) is 1. The Balaban J connectivity index is 1.38. The maximum atomic E-state index is 13.3. The van der Waals surface area contributed by atoms with Gasteiger partial charge in [0, 0.05) is 17.4 Å². The molecule has 3 aromatic carbocycles. The summed E-state index contributed by atoms with van der Waals surface area (Å²) in [5.41, 5.74) is 4.46. The molecule has 4 rings (SSSR count). The van der Waals surface area contributed by atoms with Crippen LogP contribution in [0.2, 0.25) is 0 Å². The van der Waals surface area contributed by atoms with E-state index in [0.717, 1.165) is 28.8 Å². The molecule has 0 bridgehead atoms. The zero-order valence-electron chi connectivity index (χ0n) is 16.5. The van der Waals surface area contributed by atoms with Crippen molar-refractivity contribution in [3.8, 4) is 16.9 Å². The first kappa shape index (κ1) is 20.9. The van der Waals surface area contributed by atoms with Gasteiger partial charge in [-0.3, -0.25) is 0 Å². The van der Waals surface area contributed by atoms with Crippen LogP contribution >= 0.6 is 12.6 Å². The Bertz CT molecular complexity index is 971. The lowest BCUT2D eigenvalue weighted by atomic mass is 9.83. The molecule has 156 valence electrons. The third-order valence-corrected chi connectivity index (χ3v) is 6.25. The van der Waals surface area contributed by atoms with E-state index < -0.39 is 17.5 Å². The van der Waals surface area contributed by atoms with Crippen LogP contribution in [-0.2, 0) is 6.61 Å². The van der Waals surface area contributed by atoms with Gasteiger partial charge in [0.1, 0.15) is 12.4 Å². The molecule has 0 amide bonds. The number of halogens is 3. The van der Waals surface area contributed by atoms with Crippen LogP contribution in [0.3, 0.4) is 0 Å². The molecule has 1 aliphatic carbocycles. The molecule has 1 saturated carbocycles. The topological polar surface area (TPSA) is 9.23 Å². The van der Waals surface area contributed by atoms with Gasteiger partial charge in [0.15, 0.2) is 17.5 Å². The van der Waals surface area contributed by atoms with Crippen LogP contribution in [0.4, 0.5) is 13.2 Å². The second-order valence-corrected chi connectivity index (χ2v) is 8.54. The summed E-state index contributed by atoms with van der Waals surface area (Å²) in [6.07, 6.45) is 4.75. The summed E-state index contributed by atoms with van der Waals surface area (Å²) in [4.78, 5) is 0. The van der Waals surface area contributed by atoms with Gasteiger partial charge in [-0.2, -0.15) is 12.6 Å². The monoisotopic (exact) mass is 428 g/mol. The van der Waals surface area contributed by atoms with Crippen molar-refractivity contribution in [3.63, 3.8) is 0 Å². The molecule has 1 fully saturated rings. The number of hydrogen-bond donors (Lipinski definition) is 1. The van der Waals surface area contributed by atoms with Gasteiger partial charge in [0.05, 0.1) is 0 Å². The molecule has 0 aromatic heterocycles. The second-order valence-electron chi connectivity index (χ2n) is 7.81. The van der Waals surface area contributed by atoms with E-state index in [9.17, 15) is 13.2 Å². The maximum Gasteiger partial charge on any atom is 0.194 e. The molecule has 0 spiro atoms. The van der Waals surface area contributed by atoms with E-state index in [-0.39, 0.29) is 12.4 Å². The first-order valence-corrected chi connectivity index (χ1v) is 10.7. The third kappa shape index (κ3) is 4.84. The smallest absolute Gasteiger partial charge is 0.194 e. The lowest BCUT2D eigenvalue weighted by Gasteiger charge is -2.26. The highest BCUT2D eigenvalue weighted by Gasteiger charge is 2.20. The largest absolute Gasteiger partial charge is 0.489 e. The Morgan fingerprint density at radius 2 is 1.30 bits per heavy atom. The summed E-state index contributed by atoms with van der Waals surface area (Å²) in [5, 5.41) is 0.545. The van der Waals surface area contributed by atoms with Crippen molar-refractivity contribution in [2.45, 2.75) is 43.5 Å². The molecule has 3 aromatic rings. The summed E-state index contributed by atoms with van der Waals surface area (Å²) in [7, 11) is 0. The summed E-state index contributed by atoms with van der Waals surface area (Å²) >= 11 is 4.58. The minimum atomic E-state index is -1.49. The van der Waals surface area contributed by atoms with Crippen LogP contribution in [0.25, 0.3) is 11.1 Å². The summed E-state index contributed by atoms with van der Waals surface area (Å²) < 4.78 is 45.0. The van der Waals surface area contributed by atoms with Crippen LogP contribution in [0, 0.1) is 17.5 Å². The van der Waals surface area contributed by atoms with Crippen molar-refractivity contribution in [3.05, 3.63) is 89.2 Å². The van der Waals surface area contributed by atoms with Crippen molar-refractivity contribution in [2.24, 2.45) is 0 Å². The number of hydrogen-bond acceptors (Lipinski definition) is 2. The van der Waals surface area contributed by atoms with E-state index in [1.807, 2.05) is 24.3 Å². The van der Waals surface area contributed by atoms with Crippen LogP contribution in [0.15, 0.2) is 60.7 Å². The van der Waals surface area contributed by atoms with Gasteiger partial charge in [0.2, 0.25) is 0 Å². The fourth-order valence-corrected chi connectivity index (χ4v) is 4.23. The lowest BCUT2D eigenvalue weighted by molar-refractivity contribution is 0.299. The molecule has 0 atom stereocenters. The van der Waals surface area contributed by atoms with Gasteiger partial charge in [-0.15, -0.1) is 0 Å². The molecule has 1 nitrogen and oxygen atoms in total. The van der Waals surface area contributed by atoms with Crippen LogP contribution in [-0.4, -0.2) is 5.25 Å². The van der Waals surface area contributed by atoms with Gasteiger partial charge in [-0.1, -0.05) is 48.5 Å². The zero-order chi connectivity index (χ0) is 21.1. The minimum absolute atomic E-state index is 0.0435. The van der Waals surface area contributed by atoms with Crippen LogP contribution in [0.5, 0.6) is 5.75 Å². The quantitative estimate of drug-likeness (QED) is 0.331. The first-order chi connectivity index (χ1) is 14.5. The van der Waals surface area contributed by atoms with Crippen molar-refractivity contribution in [1.82, 2.24) is 0 Å². The predicted molar refractivity (Wildman–Crippen MR) is 117 cm³/mol. The highest BCUT2D eigenvalue weighted by molar-refractivity contribution is 7.80. The zero-order valence-corrected chi connectivity index (χ0v) is 17.3. The molecule has 30 heavy (non-hydrogen) atoms.